The van der Waals surface area contributed by atoms with Crippen molar-refractivity contribution >= 4 is 11.9 Å². The van der Waals surface area contributed by atoms with Crippen LogP contribution in [-0.4, -0.2) is 35.0 Å². The summed E-state index contributed by atoms with van der Waals surface area (Å²) in [7, 11) is 0. The van der Waals surface area contributed by atoms with E-state index in [0.29, 0.717) is 25.3 Å². The van der Waals surface area contributed by atoms with Crippen molar-refractivity contribution in [3.05, 3.63) is 48.5 Å². The fourth-order valence-corrected chi connectivity index (χ4v) is 1.69. The first-order valence-electron chi connectivity index (χ1n) is 5.92. The van der Waals surface area contributed by atoms with Crippen molar-refractivity contribution in [1.29, 1.82) is 0 Å². The molecule has 0 aliphatic carbocycles. The number of furan rings is 1. The van der Waals surface area contributed by atoms with E-state index in [-0.39, 0.29) is 17.2 Å². The average molecular weight is 263 g/mol. The minimum atomic E-state index is -1.10. The Morgan fingerprint density at radius 1 is 1.37 bits per heavy atom. The molecule has 102 valence electrons. The van der Waals surface area contributed by atoms with Crippen LogP contribution < -0.4 is 0 Å². The lowest BCUT2D eigenvalue weighted by molar-refractivity contribution is 0.0693. The summed E-state index contributed by atoms with van der Waals surface area (Å²) in [4.78, 5) is 24.7. The van der Waals surface area contributed by atoms with Crippen LogP contribution in [0.3, 0.4) is 0 Å². The van der Waals surface area contributed by atoms with Gasteiger partial charge in [0.25, 0.3) is 5.91 Å². The summed E-state index contributed by atoms with van der Waals surface area (Å²) in [6.07, 6.45) is 3.59. The maximum absolute atomic E-state index is 12.2. The Morgan fingerprint density at radius 3 is 2.32 bits per heavy atom. The number of aryl methyl sites for hydroxylation is 1. The molecule has 19 heavy (non-hydrogen) atoms. The van der Waals surface area contributed by atoms with Gasteiger partial charge >= 0.3 is 5.97 Å². The Hall–Kier alpha value is -2.30. The van der Waals surface area contributed by atoms with Crippen LogP contribution in [-0.2, 0) is 6.42 Å². The van der Waals surface area contributed by atoms with Crippen molar-refractivity contribution in [3.8, 4) is 0 Å². The van der Waals surface area contributed by atoms with E-state index in [2.05, 4.69) is 13.2 Å². The molecule has 1 N–H and O–H groups in total. The maximum atomic E-state index is 12.2. The zero-order chi connectivity index (χ0) is 14.4. The Balaban J connectivity index is 3.07. The molecule has 0 saturated carbocycles. The van der Waals surface area contributed by atoms with E-state index >= 15 is 0 Å². The van der Waals surface area contributed by atoms with Crippen LogP contribution in [0.1, 0.15) is 33.6 Å². The lowest BCUT2D eigenvalue weighted by atomic mass is 10.2. The quantitative estimate of drug-likeness (QED) is 0.766. The molecule has 5 nitrogen and oxygen atoms in total. The molecule has 1 aromatic rings. The summed E-state index contributed by atoms with van der Waals surface area (Å²) >= 11 is 0. The van der Waals surface area contributed by atoms with E-state index in [1.54, 1.807) is 19.1 Å². The standard InChI is InChI=1S/C14H17NO4/c1-4-7-15(8-5-2)13(16)12-9-10(14(17)18)11(6-3)19-12/h4-5,9H,1-2,6-8H2,3H3,(H,17,18). The number of aromatic carboxylic acids is 1. The Morgan fingerprint density at radius 2 is 1.95 bits per heavy atom. The van der Waals surface area contributed by atoms with Gasteiger partial charge in [0, 0.05) is 25.6 Å². The van der Waals surface area contributed by atoms with Gasteiger partial charge in [0.15, 0.2) is 5.76 Å². The number of rotatable bonds is 7. The van der Waals surface area contributed by atoms with E-state index in [1.807, 2.05) is 0 Å². The molecular weight excluding hydrogens is 246 g/mol. The first kappa shape index (κ1) is 14.8. The maximum Gasteiger partial charge on any atom is 0.339 e. The number of hydrogen-bond donors (Lipinski definition) is 1. The van der Waals surface area contributed by atoms with Crippen molar-refractivity contribution in [2.24, 2.45) is 0 Å². The Kier molecular flexibility index (Phi) is 5.11. The predicted molar refractivity (Wildman–Crippen MR) is 71.3 cm³/mol. The van der Waals surface area contributed by atoms with Gasteiger partial charge in [-0.25, -0.2) is 4.79 Å². The third-order valence-electron chi connectivity index (χ3n) is 2.56. The molecule has 0 aliphatic heterocycles. The third-order valence-corrected chi connectivity index (χ3v) is 2.56. The molecular formula is C14H17NO4. The molecule has 1 amide bonds. The molecule has 0 fully saturated rings. The van der Waals surface area contributed by atoms with E-state index in [4.69, 9.17) is 9.52 Å². The summed E-state index contributed by atoms with van der Waals surface area (Å²) in [5.41, 5.74) is 0.0306. The van der Waals surface area contributed by atoms with Gasteiger partial charge in [-0.2, -0.15) is 0 Å². The van der Waals surface area contributed by atoms with Crippen LogP contribution in [0.2, 0.25) is 0 Å². The zero-order valence-electron chi connectivity index (χ0n) is 10.9. The van der Waals surface area contributed by atoms with Gasteiger partial charge in [-0.05, 0) is 0 Å². The number of carbonyl (C=O) groups is 2. The molecule has 0 atom stereocenters. The summed E-state index contributed by atoms with van der Waals surface area (Å²) in [5, 5.41) is 9.02. The number of hydrogen-bond acceptors (Lipinski definition) is 3. The number of amides is 1. The summed E-state index contributed by atoms with van der Waals surface area (Å²) in [5.74, 6) is -1.15. The second kappa shape index (κ2) is 6.58. The van der Waals surface area contributed by atoms with Crippen LogP contribution in [0.15, 0.2) is 35.8 Å². The molecule has 0 saturated heterocycles. The monoisotopic (exact) mass is 263 g/mol. The predicted octanol–water partition coefficient (Wildman–Crippen LogP) is 2.35. The van der Waals surface area contributed by atoms with Crippen LogP contribution in [0.25, 0.3) is 0 Å². The van der Waals surface area contributed by atoms with Gasteiger partial charge in [-0.3, -0.25) is 4.79 Å². The van der Waals surface area contributed by atoms with E-state index in [1.165, 1.54) is 11.0 Å². The van der Waals surface area contributed by atoms with Gasteiger partial charge in [0.1, 0.15) is 11.3 Å². The number of carboxylic acid groups (broad SMARTS) is 1. The van der Waals surface area contributed by atoms with Crippen molar-refractivity contribution in [1.82, 2.24) is 4.90 Å². The minimum Gasteiger partial charge on any atom is -0.478 e. The molecule has 0 spiro atoms. The van der Waals surface area contributed by atoms with Gasteiger partial charge in [0.05, 0.1) is 0 Å². The molecule has 5 heteroatoms. The molecule has 0 unspecified atom stereocenters. The van der Waals surface area contributed by atoms with Crippen LogP contribution in [0.4, 0.5) is 0 Å². The highest BCUT2D eigenvalue weighted by atomic mass is 16.4. The Labute approximate surface area is 111 Å². The highest BCUT2D eigenvalue weighted by Gasteiger charge is 2.22. The second-order valence-electron chi connectivity index (χ2n) is 3.89. The number of carboxylic acids is 1. The molecule has 1 aromatic heterocycles. The molecule has 1 heterocycles. The van der Waals surface area contributed by atoms with Crippen LogP contribution >= 0.6 is 0 Å². The number of nitrogens with zero attached hydrogens (tertiary/aromatic N) is 1. The topological polar surface area (TPSA) is 70.8 Å². The SMILES string of the molecule is C=CCN(CC=C)C(=O)c1cc(C(=O)O)c(CC)o1. The lowest BCUT2D eigenvalue weighted by Gasteiger charge is -2.17. The molecule has 1 rings (SSSR count). The van der Waals surface area contributed by atoms with E-state index < -0.39 is 5.97 Å². The lowest BCUT2D eigenvalue weighted by Crippen LogP contribution is -2.31. The zero-order valence-corrected chi connectivity index (χ0v) is 10.9. The van der Waals surface area contributed by atoms with Gasteiger partial charge in [0.2, 0.25) is 0 Å². The van der Waals surface area contributed by atoms with Crippen molar-refractivity contribution in [3.63, 3.8) is 0 Å². The van der Waals surface area contributed by atoms with Crippen molar-refractivity contribution in [2.75, 3.05) is 13.1 Å². The first-order valence-corrected chi connectivity index (χ1v) is 5.92. The van der Waals surface area contributed by atoms with Crippen molar-refractivity contribution in [2.45, 2.75) is 13.3 Å². The molecule has 0 aliphatic rings. The van der Waals surface area contributed by atoms with Gasteiger partial charge < -0.3 is 14.4 Å². The van der Waals surface area contributed by atoms with Crippen LogP contribution in [0, 0.1) is 0 Å². The van der Waals surface area contributed by atoms with Crippen LogP contribution in [0.5, 0.6) is 0 Å². The summed E-state index contributed by atoms with van der Waals surface area (Å²) in [6, 6.07) is 1.27. The second-order valence-corrected chi connectivity index (χ2v) is 3.89. The Bertz CT molecular complexity index is 492. The largest absolute Gasteiger partial charge is 0.478 e. The fourth-order valence-electron chi connectivity index (χ4n) is 1.69. The van der Waals surface area contributed by atoms with Gasteiger partial charge in [-0.1, -0.05) is 19.1 Å². The minimum absolute atomic E-state index is 0.0259. The molecule has 0 radical (unpaired) electrons. The van der Waals surface area contributed by atoms with Gasteiger partial charge in [-0.15, -0.1) is 13.2 Å². The number of carbonyl (C=O) groups excluding carboxylic acids is 1. The van der Waals surface area contributed by atoms with Crippen molar-refractivity contribution < 1.29 is 19.1 Å². The summed E-state index contributed by atoms with van der Waals surface area (Å²) in [6.45, 7) is 9.60. The normalized spacial score (nSPS) is 9.95. The van der Waals surface area contributed by atoms with E-state index in [0.717, 1.165) is 0 Å². The smallest absolute Gasteiger partial charge is 0.339 e. The average Bonchev–Trinajstić information content (AvgIpc) is 2.82. The highest BCUT2D eigenvalue weighted by Crippen LogP contribution is 2.18. The highest BCUT2D eigenvalue weighted by molar-refractivity contribution is 5.96. The summed E-state index contributed by atoms with van der Waals surface area (Å²) < 4.78 is 5.32. The first-order chi connectivity index (χ1) is 9.04. The third kappa shape index (κ3) is 3.34. The molecule has 0 bridgehead atoms. The fraction of sp³-hybridized carbons (Fsp3) is 0.286. The van der Waals surface area contributed by atoms with E-state index in [9.17, 15) is 9.59 Å². The molecule has 0 aromatic carbocycles.